The van der Waals surface area contributed by atoms with E-state index in [1.54, 1.807) is 37.4 Å². The van der Waals surface area contributed by atoms with Gasteiger partial charge in [-0.25, -0.2) is 5.43 Å². The van der Waals surface area contributed by atoms with Crippen molar-refractivity contribution in [3.8, 4) is 22.6 Å². The number of methoxy groups -OCH3 is 1. The highest BCUT2D eigenvalue weighted by Gasteiger charge is 2.08. The summed E-state index contributed by atoms with van der Waals surface area (Å²) >= 11 is 0. The van der Waals surface area contributed by atoms with E-state index in [1.165, 1.54) is 6.21 Å². The number of hydrogen-bond donors (Lipinski definition) is 2. The molecule has 3 rings (SSSR count). The predicted octanol–water partition coefficient (Wildman–Crippen LogP) is 3.83. The molecule has 3 aromatic rings. The van der Waals surface area contributed by atoms with Gasteiger partial charge >= 0.3 is 0 Å². The smallest absolute Gasteiger partial charge is 0.271 e. The number of carbonyl (C=O) groups is 1. The van der Waals surface area contributed by atoms with Crippen LogP contribution in [0.25, 0.3) is 11.1 Å². The molecular formula is C21H18N2O3. The Morgan fingerprint density at radius 2 is 1.73 bits per heavy atom. The topological polar surface area (TPSA) is 70.9 Å². The SMILES string of the molecule is COc1ccc(C(=O)N/N=C/c2cccc(-c3ccccc3)c2O)cc1. The Balaban J connectivity index is 1.73. The van der Waals surface area contributed by atoms with Gasteiger partial charge in [-0.15, -0.1) is 0 Å². The van der Waals surface area contributed by atoms with Crippen molar-refractivity contribution in [1.29, 1.82) is 0 Å². The number of benzene rings is 3. The van der Waals surface area contributed by atoms with Crippen LogP contribution in [0.15, 0.2) is 77.9 Å². The maximum absolute atomic E-state index is 12.1. The van der Waals surface area contributed by atoms with Crippen LogP contribution in [-0.4, -0.2) is 24.3 Å². The summed E-state index contributed by atoms with van der Waals surface area (Å²) in [6, 6.07) is 21.7. The molecule has 5 nitrogen and oxygen atoms in total. The number of nitrogens with one attached hydrogen (secondary N) is 1. The number of hydrogen-bond acceptors (Lipinski definition) is 4. The highest BCUT2D eigenvalue weighted by atomic mass is 16.5. The summed E-state index contributed by atoms with van der Waals surface area (Å²) in [4.78, 5) is 12.1. The number of aromatic hydroxyl groups is 1. The van der Waals surface area contributed by atoms with E-state index < -0.39 is 0 Å². The van der Waals surface area contributed by atoms with Crippen LogP contribution in [0.5, 0.6) is 11.5 Å². The number of amides is 1. The van der Waals surface area contributed by atoms with Crippen LogP contribution >= 0.6 is 0 Å². The summed E-state index contributed by atoms with van der Waals surface area (Å²) < 4.78 is 5.06. The Kier molecular flexibility index (Phi) is 5.29. The van der Waals surface area contributed by atoms with E-state index in [0.717, 1.165) is 5.56 Å². The van der Waals surface area contributed by atoms with E-state index >= 15 is 0 Å². The first kappa shape index (κ1) is 17.2. The molecule has 2 N–H and O–H groups in total. The molecule has 0 aliphatic heterocycles. The Labute approximate surface area is 151 Å². The van der Waals surface area contributed by atoms with Crippen LogP contribution in [-0.2, 0) is 0 Å². The minimum absolute atomic E-state index is 0.112. The number of hydrazone groups is 1. The third-order valence-electron chi connectivity index (χ3n) is 3.87. The van der Waals surface area contributed by atoms with Crippen molar-refractivity contribution < 1.29 is 14.6 Å². The molecule has 0 fully saturated rings. The zero-order chi connectivity index (χ0) is 18.4. The summed E-state index contributed by atoms with van der Waals surface area (Å²) in [5.74, 6) is 0.441. The quantitative estimate of drug-likeness (QED) is 0.545. The minimum Gasteiger partial charge on any atom is -0.507 e. The first-order chi connectivity index (χ1) is 12.7. The standard InChI is InChI=1S/C21H18N2O3/c1-26-18-12-10-16(11-13-18)21(25)23-22-14-17-8-5-9-19(20(17)24)15-6-3-2-4-7-15/h2-14,24H,1H3,(H,23,25)/b22-14+. The van der Waals surface area contributed by atoms with E-state index in [2.05, 4.69) is 10.5 Å². The van der Waals surface area contributed by atoms with Gasteiger partial charge in [-0.05, 0) is 35.9 Å². The van der Waals surface area contributed by atoms with Gasteiger partial charge in [0.25, 0.3) is 5.91 Å². The fraction of sp³-hybridized carbons (Fsp3) is 0.0476. The van der Waals surface area contributed by atoms with E-state index in [-0.39, 0.29) is 11.7 Å². The maximum Gasteiger partial charge on any atom is 0.271 e. The van der Waals surface area contributed by atoms with E-state index in [9.17, 15) is 9.90 Å². The molecule has 0 aliphatic carbocycles. The summed E-state index contributed by atoms with van der Waals surface area (Å²) in [7, 11) is 1.56. The van der Waals surface area contributed by atoms with Gasteiger partial charge < -0.3 is 9.84 Å². The van der Waals surface area contributed by atoms with Crippen LogP contribution in [0.1, 0.15) is 15.9 Å². The normalized spacial score (nSPS) is 10.7. The zero-order valence-corrected chi connectivity index (χ0v) is 14.2. The molecule has 0 atom stereocenters. The molecule has 5 heteroatoms. The molecule has 0 heterocycles. The second-order valence-electron chi connectivity index (χ2n) is 5.54. The van der Waals surface area contributed by atoms with Crippen LogP contribution in [0, 0.1) is 0 Å². The Hall–Kier alpha value is -3.60. The Morgan fingerprint density at radius 1 is 1.00 bits per heavy atom. The second kappa shape index (κ2) is 7.98. The van der Waals surface area contributed by atoms with Crippen molar-refractivity contribution in [2.45, 2.75) is 0 Å². The fourth-order valence-electron chi connectivity index (χ4n) is 2.48. The van der Waals surface area contributed by atoms with Gasteiger partial charge in [-0.3, -0.25) is 4.79 Å². The van der Waals surface area contributed by atoms with Gasteiger partial charge in [0, 0.05) is 16.7 Å². The van der Waals surface area contributed by atoms with Crippen LogP contribution in [0.3, 0.4) is 0 Å². The van der Waals surface area contributed by atoms with E-state index in [1.807, 2.05) is 42.5 Å². The van der Waals surface area contributed by atoms with Crippen LogP contribution < -0.4 is 10.2 Å². The van der Waals surface area contributed by atoms with E-state index in [4.69, 9.17) is 4.74 Å². The molecule has 0 aromatic heterocycles. The van der Waals surface area contributed by atoms with Gasteiger partial charge in [0.15, 0.2) is 0 Å². The predicted molar refractivity (Wildman–Crippen MR) is 102 cm³/mol. The first-order valence-electron chi connectivity index (χ1n) is 8.04. The number of rotatable bonds is 5. The van der Waals surface area contributed by atoms with Crippen molar-refractivity contribution in [2.24, 2.45) is 5.10 Å². The lowest BCUT2D eigenvalue weighted by molar-refractivity contribution is 0.0955. The number of nitrogens with zero attached hydrogens (tertiary/aromatic N) is 1. The van der Waals surface area contributed by atoms with Gasteiger partial charge in [0.2, 0.25) is 0 Å². The molecule has 26 heavy (non-hydrogen) atoms. The molecule has 1 amide bonds. The lowest BCUT2D eigenvalue weighted by Gasteiger charge is -2.07. The molecule has 0 saturated carbocycles. The highest BCUT2D eigenvalue weighted by molar-refractivity contribution is 5.95. The number of phenolic OH excluding ortho intramolecular Hbond substituents is 1. The monoisotopic (exact) mass is 346 g/mol. The Bertz CT molecular complexity index is 920. The van der Waals surface area contributed by atoms with Crippen molar-refractivity contribution >= 4 is 12.1 Å². The van der Waals surface area contributed by atoms with E-state index in [0.29, 0.717) is 22.4 Å². The van der Waals surface area contributed by atoms with Gasteiger partial charge in [0.1, 0.15) is 11.5 Å². The third-order valence-corrected chi connectivity index (χ3v) is 3.87. The summed E-state index contributed by atoms with van der Waals surface area (Å²) in [6.07, 6.45) is 1.42. The molecule has 0 bridgehead atoms. The summed E-state index contributed by atoms with van der Waals surface area (Å²) in [6.45, 7) is 0. The lowest BCUT2D eigenvalue weighted by Crippen LogP contribution is -2.17. The maximum atomic E-state index is 12.1. The molecule has 0 spiro atoms. The molecule has 130 valence electrons. The van der Waals surface area contributed by atoms with Gasteiger partial charge in [-0.1, -0.05) is 42.5 Å². The van der Waals surface area contributed by atoms with Crippen molar-refractivity contribution in [1.82, 2.24) is 5.43 Å². The molecule has 0 saturated heterocycles. The second-order valence-corrected chi connectivity index (χ2v) is 5.54. The summed E-state index contributed by atoms with van der Waals surface area (Å²) in [5, 5.41) is 14.4. The van der Waals surface area contributed by atoms with Crippen LogP contribution in [0.2, 0.25) is 0 Å². The molecule has 0 radical (unpaired) electrons. The number of ether oxygens (including phenoxy) is 1. The van der Waals surface area contributed by atoms with Crippen molar-refractivity contribution in [2.75, 3.05) is 7.11 Å². The number of phenols is 1. The number of para-hydroxylation sites is 1. The van der Waals surface area contributed by atoms with Gasteiger partial charge in [0.05, 0.1) is 13.3 Å². The third kappa shape index (κ3) is 3.89. The van der Waals surface area contributed by atoms with Crippen molar-refractivity contribution in [3.05, 3.63) is 83.9 Å². The molecule has 0 aliphatic rings. The largest absolute Gasteiger partial charge is 0.507 e. The molecular weight excluding hydrogens is 328 g/mol. The highest BCUT2D eigenvalue weighted by Crippen LogP contribution is 2.31. The average Bonchev–Trinajstić information content (AvgIpc) is 2.70. The lowest BCUT2D eigenvalue weighted by atomic mass is 10.0. The molecule has 3 aromatic carbocycles. The Morgan fingerprint density at radius 3 is 2.42 bits per heavy atom. The summed E-state index contributed by atoms with van der Waals surface area (Å²) in [5.41, 5.74) is 5.04. The van der Waals surface area contributed by atoms with Crippen molar-refractivity contribution in [3.63, 3.8) is 0 Å². The first-order valence-corrected chi connectivity index (χ1v) is 8.04. The van der Waals surface area contributed by atoms with Gasteiger partial charge in [-0.2, -0.15) is 5.10 Å². The molecule has 0 unspecified atom stereocenters. The number of carbonyl (C=O) groups excluding carboxylic acids is 1. The zero-order valence-electron chi connectivity index (χ0n) is 14.2. The minimum atomic E-state index is -0.345. The van der Waals surface area contributed by atoms with Crippen LogP contribution in [0.4, 0.5) is 0 Å². The fourth-order valence-corrected chi connectivity index (χ4v) is 2.48. The average molecular weight is 346 g/mol.